The van der Waals surface area contributed by atoms with Gasteiger partial charge in [0.25, 0.3) is 0 Å². The molecule has 1 aromatic carbocycles. The molecule has 0 aromatic heterocycles. The summed E-state index contributed by atoms with van der Waals surface area (Å²) < 4.78 is 35.8. The average Bonchev–Trinajstić information content (AvgIpc) is 2.21. The molecule has 0 heterocycles. The van der Waals surface area contributed by atoms with Crippen molar-refractivity contribution in [2.24, 2.45) is 0 Å². The maximum Gasteiger partial charge on any atom is 0.236 e. The molecule has 0 amide bonds. The smallest absolute Gasteiger partial charge is 0.212 e. The lowest BCUT2D eigenvalue weighted by Crippen LogP contribution is -2.09. The molecule has 16 heavy (non-hydrogen) atoms. The van der Waals surface area contributed by atoms with Crippen LogP contribution in [0.5, 0.6) is 0 Å². The fourth-order valence-electron chi connectivity index (χ4n) is 2.13. The molecule has 2 nitrogen and oxygen atoms in total. The molecule has 0 saturated heterocycles. The SMILES string of the molecule is O=S(=O)(Cl)Cc1ccc2c(c1F)CCCC2. The third kappa shape index (κ3) is 2.55. The van der Waals surface area contributed by atoms with Gasteiger partial charge in [0.2, 0.25) is 9.05 Å². The quantitative estimate of drug-likeness (QED) is 0.768. The summed E-state index contributed by atoms with van der Waals surface area (Å²) in [6.07, 6.45) is 3.60. The molecular weight excluding hydrogens is 251 g/mol. The van der Waals surface area contributed by atoms with Crippen LogP contribution in [0.15, 0.2) is 12.1 Å². The molecule has 0 unspecified atom stereocenters. The van der Waals surface area contributed by atoms with Crippen molar-refractivity contribution >= 4 is 19.7 Å². The predicted molar refractivity (Wildman–Crippen MR) is 61.5 cm³/mol. The van der Waals surface area contributed by atoms with Gasteiger partial charge in [-0.1, -0.05) is 12.1 Å². The Morgan fingerprint density at radius 3 is 2.62 bits per heavy atom. The molecule has 0 spiro atoms. The minimum atomic E-state index is -3.69. The molecule has 0 N–H and O–H groups in total. The molecule has 0 bridgehead atoms. The normalized spacial score (nSPS) is 15.9. The molecule has 5 heteroatoms. The minimum Gasteiger partial charge on any atom is -0.212 e. The molecular formula is C11H12ClFO2S. The van der Waals surface area contributed by atoms with Crippen LogP contribution < -0.4 is 0 Å². The number of hydrogen-bond donors (Lipinski definition) is 0. The lowest BCUT2D eigenvalue weighted by Gasteiger charge is -2.17. The second-order valence-electron chi connectivity index (χ2n) is 4.07. The molecule has 0 atom stereocenters. The van der Waals surface area contributed by atoms with Crippen molar-refractivity contribution in [2.75, 3.05) is 0 Å². The van der Waals surface area contributed by atoms with E-state index in [0.717, 1.165) is 24.8 Å². The Bertz CT molecular complexity index is 511. The monoisotopic (exact) mass is 262 g/mol. The summed E-state index contributed by atoms with van der Waals surface area (Å²) in [6.45, 7) is 0. The summed E-state index contributed by atoms with van der Waals surface area (Å²) in [7, 11) is 1.43. The number of benzene rings is 1. The van der Waals surface area contributed by atoms with Gasteiger partial charge < -0.3 is 0 Å². The van der Waals surface area contributed by atoms with E-state index < -0.39 is 14.8 Å². The van der Waals surface area contributed by atoms with Crippen LogP contribution in [0.4, 0.5) is 4.39 Å². The Balaban J connectivity index is 2.42. The van der Waals surface area contributed by atoms with E-state index in [9.17, 15) is 12.8 Å². The number of hydrogen-bond acceptors (Lipinski definition) is 2. The minimum absolute atomic E-state index is 0.177. The Hall–Kier alpha value is -0.610. The highest BCUT2D eigenvalue weighted by atomic mass is 35.7. The van der Waals surface area contributed by atoms with Crippen molar-refractivity contribution < 1.29 is 12.8 Å². The second-order valence-corrected chi connectivity index (χ2v) is 6.84. The third-order valence-corrected chi connectivity index (χ3v) is 3.85. The Labute approximate surface area is 98.8 Å². The van der Waals surface area contributed by atoms with Crippen molar-refractivity contribution in [1.29, 1.82) is 0 Å². The highest BCUT2D eigenvalue weighted by molar-refractivity contribution is 8.13. The van der Waals surface area contributed by atoms with Gasteiger partial charge in [0.1, 0.15) is 5.82 Å². The Kier molecular flexibility index (Phi) is 3.22. The van der Waals surface area contributed by atoms with Crippen LogP contribution >= 0.6 is 10.7 Å². The van der Waals surface area contributed by atoms with Crippen LogP contribution in [0.1, 0.15) is 29.5 Å². The highest BCUT2D eigenvalue weighted by Crippen LogP contribution is 2.27. The molecule has 0 fully saturated rings. The van der Waals surface area contributed by atoms with E-state index in [1.807, 2.05) is 6.07 Å². The second kappa shape index (κ2) is 4.34. The maximum absolute atomic E-state index is 14.0. The van der Waals surface area contributed by atoms with E-state index >= 15 is 0 Å². The van der Waals surface area contributed by atoms with Gasteiger partial charge >= 0.3 is 0 Å². The molecule has 0 radical (unpaired) electrons. The molecule has 0 aliphatic heterocycles. The van der Waals surface area contributed by atoms with Gasteiger partial charge in [0.05, 0.1) is 5.75 Å². The van der Waals surface area contributed by atoms with Crippen LogP contribution in [-0.4, -0.2) is 8.42 Å². The summed E-state index contributed by atoms with van der Waals surface area (Å²) in [5, 5.41) is 0. The van der Waals surface area contributed by atoms with Gasteiger partial charge in [-0.15, -0.1) is 0 Å². The maximum atomic E-state index is 14.0. The molecule has 2 rings (SSSR count). The Morgan fingerprint density at radius 1 is 1.25 bits per heavy atom. The van der Waals surface area contributed by atoms with Crippen LogP contribution in [0.3, 0.4) is 0 Å². The van der Waals surface area contributed by atoms with Crippen LogP contribution in [0.25, 0.3) is 0 Å². The van der Waals surface area contributed by atoms with Gasteiger partial charge in [-0.2, -0.15) is 0 Å². The molecule has 1 aromatic rings. The molecule has 0 saturated carbocycles. The fourth-order valence-corrected chi connectivity index (χ4v) is 3.08. The largest absolute Gasteiger partial charge is 0.236 e. The zero-order valence-electron chi connectivity index (χ0n) is 8.67. The van der Waals surface area contributed by atoms with Crippen molar-refractivity contribution in [1.82, 2.24) is 0 Å². The first-order chi connectivity index (χ1) is 7.47. The van der Waals surface area contributed by atoms with E-state index in [2.05, 4.69) is 0 Å². The van der Waals surface area contributed by atoms with Crippen LogP contribution in [-0.2, 0) is 27.6 Å². The summed E-state index contributed by atoms with van der Waals surface area (Å²) in [5.74, 6) is -0.824. The summed E-state index contributed by atoms with van der Waals surface area (Å²) >= 11 is 0. The van der Waals surface area contributed by atoms with E-state index in [0.29, 0.717) is 12.0 Å². The van der Waals surface area contributed by atoms with Gasteiger partial charge in [0, 0.05) is 16.2 Å². The van der Waals surface area contributed by atoms with Gasteiger partial charge in [-0.3, -0.25) is 0 Å². The molecule has 1 aliphatic rings. The van der Waals surface area contributed by atoms with Crippen molar-refractivity contribution in [3.63, 3.8) is 0 Å². The standard InChI is InChI=1S/C11H12ClFO2S/c12-16(14,15)7-9-6-5-8-3-1-2-4-10(8)11(9)13/h5-6H,1-4,7H2. The van der Waals surface area contributed by atoms with Crippen molar-refractivity contribution in [2.45, 2.75) is 31.4 Å². The van der Waals surface area contributed by atoms with Crippen LogP contribution in [0.2, 0.25) is 0 Å². The van der Waals surface area contributed by atoms with E-state index in [4.69, 9.17) is 10.7 Å². The first kappa shape index (κ1) is 11.9. The molecule has 1 aliphatic carbocycles. The van der Waals surface area contributed by atoms with E-state index in [1.54, 1.807) is 0 Å². The fraction of sp³-hybridized carbons (Fsp3) is 0.455. The highest BCUT2D eigenvalue weighted by Gasteiger charge is 2.19. The van der Waals surface area contributed by atoms with Crippen molar-refractivity contribution in [3.8, 4) is 0 Å². The molecule has 88 valence electrons. The zero-order chi connectivity index (χ0) is 11.8. The van der Waals surface area contributed by atoms with Gasteiger partial charge in [-0.25, -0.2) is 12.8 Å². The zero-order valence-corrected chi connectivity index (χ0v) is 10.2. The lowest BCUT2D eigenvalue weighted by molar-refractivity contribution is 0.566. The van der Waals surface area contributed by atoms with Gasteiger partial charge in [0.15, 0.2) is 0 Å². The summed E-state index contributed by atoms with van der Waals surface area (Å²) in [6, 6.07) is 3.34. The summed E-state index contributed by atoms with van der Waals surface area (Å²) in [5.41, 5.74) is 1.85. The van der Waals surface area contributed by atoms with Crippen LogP contribution in [0, 0.1) is 5.82 Å². The first-order valence-electron chi connectivity index (χ1n) is 5.19. The van der Waals surface area contributed by atoms with Gasteiger partial charge in [-0.05, 0) is 36.8 Å². The first-order valence-corrected chi connectivity index (χ1v) is 7.67. The number of halogens is 2. The van der Waals surface area contributed by atoms with Crippen molar-refractivity contribution in [3.05, 3.63) is 34.6 Å². The summed E-state index contributed by atoms with van der Waals surface area (Å²) in [4.78, 5) is 0. The number of fused-ring (bicyclic) bond motifs is 1. The Morgan fingerprint density at radius 2 is 1.94 bits per heavy atom. The lowest BCUT2D eigenvalue weighted by atomic mass is 9.90. The predicted octanol–water partition coefficient (Wildman–Crippen LogP) is 2.77. The van der Waals surface area contributed by atoms with E-state index in [1.165, 1.54) is 6.07 Å². The number of aryl methyl sites for hydroxylation is 1. The van der Waals surface area contributed by atoms with E-state index in [-0.39, 0.29) is 11.4 Å². The third-order valence-electron chi connectivity index (χ3n) is 2.87. The average molecular weight is 263 g/mol. The topological polar surface area (TPSA) is 34.1 Å². The number of rotatable bonds is 2.